The third-order valence-corrected chi connectivity index (χ3v) is 5.16. The summed E-state index contributed by atoms with van der Waals surface area (Å²) in [6.07, 6.45) is 2.56. The first-order chi connectivity index (χ1) is 9.99. The van der Waals surface area contributed by atoms with E-state index in [1.54, 1.807) is 0 Å². The molecule has 0 bridgehead atoms. The van der Waals surface area contributed by atoms with Crippen molar-refractivity contribution in [3.05, 3.63) is 33.8 Å². The molecule has 1 aromatic rings. The number of carbonyl (C=O) groups is 1. The fourth-order valence-electron chi connectivity index (χ4n) is 2.94. The smallest absolute Gasteiger partial charge is 0.251 e. The highest BCUT2D eigenvalue weighted by atomic mass is 79.9. The Kier molecular flexibility index (Phi) is 5.82. The summed E-state index contributed by atoms with van der Waals surface area (Å²) in [5.41, 5.74) is 1.82. The number of hydrogen-bond acceptors (Lipinski definition) is 2. The number of nitrogens with zero attached hydrogens (tertiary/aromatic N) is 1. The van der Waals surface area contributed by atoms with Crippen LogP contribution in [0.25, 0.3) is 0 Å². The topological polar surface area (TPSA) is 32.3 Å². The minimum absolute atomic E-state index is 0.0236. The maximum Gasteiger partial charge on any atom is 0.251 e. The third kappa shape index (κ3) is 4.30. The Morgan fingerprint density at radius 1 is 1.33 bits per heavy atom. The maximum atomic E-state index is 12.3. The lowest BCUT2D eigenvalue weighted by molar-refractivity contribution is 0.0927. The van der Waals surface area contributed by atoms with Crippen LogP contribution in [0.1, 0.15) is 42.6 Å². The van der Waals surface area contributed by atoms with Gasteiger partial charge in [0.1, 0.15) is 0 Å². The molecule has 3 nitrogen and oxygen atoms in total. The first kappa shape index (κ1) is 16.5. The van der Waals surface area contributed by atoms with Gasteiger partial charge < -0.3 is 5.32 Å². The Bertz CT molecular complexity index is 496. The summed E-state index contributed by atoms with van der Waals surface area (Å²) in [6.45, 7) is 9.53. The monoisotopic (exact) mass is 352 g/mol. The van der Waals surface area contributed by atoms with E-state index in [9.17, 15) is 4.79 Å². The third-order valence-electron chi connectivity index (χ3n) is 4.27. The van der Waals surface area contributed by atoms with Crippen molar-refractivity contribution in [2.75, 3.05) is 19.6 Å². The van der Waals surface area contributed by atoms with Crippen LogP contribution in [0.3, 0.4) is 0 Å². The van der Waals surface area contributed by atoms with Crippen LogP contribution in [-0.2, 0) is 0 Å². The minimum Gasteiger partial charge on any atom is -0.350 e. The van der Waals surface area contributed by atoms with Gasteiger partial charge in [-0.15, -0.1) is 0 Å². The number of aryl methyl sites for hydroxylation is 1. The van der Waals surface area contributed by atoms with Crippen molar-refractivity contribution >= 4 is 21.8 Å². The minimum atomic E-state index is 0.0236. The van der Waals surface area contributed by atoms with E-state index in [2.05, 4.69) is 40.0 Å². The zero-order chi connectivity index (χ0) is 15.4. The molecule has 1 aliphatic rings. The fourth-order valence-corrected chi connectivity index (χ4v) is 3.19. The molecule has 2 rings (SSSR count). The number of halogens is 1. The molecule has 0 spiro atoms. The van der Waals surface area contributed by atoms with E-state index in [0.29, 0.717) is 12.0 Å². The van der Waals surface area contributed by atoms with Gasteiger partial charge >= 0.3 is 0 Å². The molecule has 116 valence electrons. The molecule has 1 amide bonds. The highest BCUT2D eigenvalue weighted by molar-refractivity contribution is 9.10. The van der Waals surface area contributed by atoms with Crippen molar-refractivity contribution < 1.29 is 4.79 Å². The molecule has 0 saturated carbocycles. The number of benzene rings is 1. The van der Waals surface area contributed by atoms with E-state index in [-0.39, 0.29) is 5.91 Å². The molecule has 1 heterocycles. The molecule has 1 unspecified atom stereocenters. The molecule has 1 fully saturated rings. The Balaban J connectivity index is 1.96. The van der Waals surface area contributed by atoms with E-state index < -0.39 is 0 Å². The van der Waals surface area contributed by atoms with E-state index in [4.69, 9.17) is 0 Å². The molecule has 1 N–H and O–H groups in total. The number of rotatable bonds is 5. The molecule has 21 heavy (non-hydrogen) atoms. The van der Waals surface area contributed by atoms with Gasteiger partial charge in [-0.3, -0.25) is 9.69 Å². The predicted octanol–water partition coefficient (Wildman–Crippen LogP) is 3.61. The first-order valence-electron chi connectivity index (χ1n) is 7.77. The summed E-state index contributed by atoms with van der Waals surface area (Å²) in [4.78, 5) is 14.8. The van der Waals surface area contributed by atoms with Gasteiger partial charge in [-0.2, -0.15) is 0 Å². The first-order valence-corrected chi connectivity index (χ1v) is 8.56. The lowest BCUT2D eigenvalue weighted by Crippen LogP contribution is -2.45. The Hall–Kier alpha value is -0.870. The second-order valence-electron chi connectivity index (χ2n) is 6.23. The quantitative estimate of drug-likeness (QED) is 0.877. The van der Waals surface area contributed by atoms with E-state index in [0.717, 1.165) is 35.2 Å². The molecule has 0 aliphatic carbocycles. The number of nitrogens with one attached hydrogen (secondary N) is 1. The van der Waals surface area contributed by atoms with Crippen LogP contribution >= 0.6 is 15.9 Å². The molecule has 0 radical (unpaired) electrons. The van der Waals surface area contributed by atoms with Gasteiger partial charge in [0.05, 0.1) is 0 Å². The second-order valence-corrected chi connectivity index (χ2v) is 7.08. The average molecular weight is 353 g/mol. The highest BCUT2D eigenvalue weighted by Gasteiger charge is 2.25. The molecule has 1 aromatic carbocycles. The second kappa shape index (κ2) is 7.41. The number of carbonyl (C=O) groups excluding carboxylic acids is 1. The van der Waals surface area contributed by atoms with Crippen molar-refractivity contribution in [2.24, 2.45) is 5.92 Å². The lowest BCUT2D eigenvalue weighted by atomic mass is 10.0. The lowest BCUT2D eigenvalue weighted by Gasteiger charge is -2.31. The normalized spacial score (nSPS) is 17.2. The Morgan fingerprint density at radius 2 is 2.00 bits per heavy atom. The van der Waals surface area contributed by atoms with E-state index in [1.165, 1.54) is 12.8 Å². The molecule has 1 saturated heterocycles. The van der Waals surface area contributed by atoms with Crippen molar-refractivity contribution in [3.63, 3.8) is 0 Å². The van der Waals surface area contributed by atoms with E-state index in [1.807, 2.05) is 25.1 Å². The van der Waals surface area contributed by atoms with Crippen LogP contribution in [0.4, 0.5) is 0 Å². The van der Waals surface area contributed by atoms with Gasteiger partial charge in [-0.1, -0.05) is 29.8 Å². The zero-order valence-corrected chi connectivity index (χ0v) is 14.7. The van der Waals surface area contributed by atoms with Gasteiger partial charge in [-0.25, -0.2) is 0 Å². The van der Waals surface area contributed by atoms with Crippen molar-refractivity contribution in [1.29, 1.82) is 0 Å². The van der Waals surface area contributed by atoms with Crippen LogP contribution in [-0.4, -0.2) is 36.5 Å². The summed E-state index contributed by atoms with van der Waals surface area (Å²) >= 11 is 3.47. The maximum absolute atomic E-state index is 12.3. The van der Waals surface area contributed by atoms with Gasteiger partial charge in [0, 0.05) is 22.6 Å². The Morgan fingerprint density at radius 3 is 2.57 bits per heavy atom. The number of likely N-dealkylation sites (tertiary alicyclic amines) is 1. The van der Waals surface area contributed by atoms with Crippen LogP contribution in [0.2, 0.25) is 0 Å². The largest absolute Gasteiger partial charge is 0.350 e. The van der Waals surface area contributed by atoms with Gasteiger partial charge in [0.2, 0.25) is 0 Å². The molecule has 4 heteroatoms. The molecule has 1 atom stereocenters. The highest BCUT2D eigenvalue weighted by Crippen LogP contribution is 2.19. The Labute approximate surface area is 136 Å². The van der Waals surface area contributed by atoms with Gasteiger partial charge in [0.25, 0.3) is 5.91 Å². The van der Waals surface area contributed by atoms with Crippen LogP contribution in [0.15, 0.2) is 22.7 Å². The van der Waals surface area contributed by atoms with Crippen LogP contribution in [0.5, 0.6) is 0 Å². The summed E-state index contributed by atoms with van der Waals surface area (Å²) in [5.74, 6) is 0.575. The van der Waals surface area contributed by atoms with Crippen LogP contribution < -0.4 is 5.32 Å². The summed E-state index contributed by atoms with van der Waals surface area (Å²) in [6, 6.07) is 6.17. The summed E-state index contributed by atoms with van der Waals surface area (Å²) in [5, 5.41) is 3.11. The van der Waals surface area contributed by atoms with Gasteiger partial charge in [-0.05, 0) is 62.5 Å². The molecule has 0 aromatic heterocycles. The van der Waals surface area contributed by atoms with Crippen molar-refractivity contribution in [3.8, 4) is 0 Å². The standard InChI is InChI=1S/C17H25BrN2O/c1-12(2)16(20-8-4-5-9-20)11-19-17(21)14-6-7-15(18)13(3)10-14/h6-7,10,12,16H,4-5,8-9,11H2,1-3H3,(H,19,21). The van der Waals surface area contributed by atoms with Crippen molar-refractivity contribution in [2.45, 2.75) is 39.7 Å². The summed E-state index contributed by atoms with van der Waals surface area (Å²) < 4.78 is 1.04. The molecular weight excluding hydrogens is 328 g/mol. The van der Waals surface area contributed by atoms with Gasteiger partial charge in [0.15, 0.2) is 0 Å². The number of amides is 1. The molecule has 1 aliphatic heterocycles. The molecular formula is C17H25BrN2O. The summed E-state index contributed by atoms with van der Waals surface area (Å²) in [7, 11) is 0. The fraction of sp³-hybridized carbons (Fsp3) is 0.588. The van der Waals surface area contributed by atoms with E-state index >= 15 is 0 Å². The number of hydrogen-bond donors (Lipinski definition) is 1. The van der Waals surface area contributed by atoms with Crippen molar-refractivity contribution in [1.82, 2.24) is 10.2 Å². The average Bonchev–Trinajstić information content (AvgIpc) is 2.95. The zero-order valence-electron chi connectivity index (χ0n) is 13.2. The van der Waals surface area contributed by atoms with Crippen LogP contribution in [0, 0.1) is 12.8 Å². The predicted molar refractivity (Wildman–Crippen MR) is 90.6 cm³/mol. The SMILES string of the molecule is Cc1cc(C(=O)NCC(C(C)C)N2CCCC2)ccc1Br.